The van der Waals surface area contributed by atoms with Gasteiger partial charge in [0.25, 0.3) is 0 Å². The molecule has 1 N–H and O–H groups in total. The fourth-order valence-electron chi connectivity index (χ4n) is 2.93. The van der Waals surface area contributed by atoms with Crippen molar-refractivity contribution in [2.75, 3.05) is 5.32 Å². The zero-order chi connectivity index (χ0) is 19.8. The van der Waals surface area contributed by atoms with E-state index in [1.165, 1.54) is 0 Å². The molecular formula is C22H13Cl2N3S2. The molecule has 2 aromatic heterocycles. The van der Waals surface area contributed by atoms with Gasteiger partial charge in [-0.3, -0.25) is 0 Å². The Morgan fingerprint density at radius 3 is 2.28 bits per heavy atom. The lowest BCUT2D eigenvalue weighted by Crippen LogP contribution is -1.89. The molecule has 0 bridgehead atoms. The van der Waals surface area contributed by atoms with Crippen LogP contribution in [0.4, 0.5) is 10.8 Å². The lowest BCUT2D eigenvalue weighted by molar-refractivity contribution is 1.40. The summed E-state index contributed by atoms with van der Waals surface area (Å²) in [5.41, 5.74) is 5.02. The number of nitrogens with one attached hydrogen (secondary N) is 1. The first-order valence-corrected chi connectivity index (χ1v) is 11.2. The van der Waals surface area contributed by atoms with Crippen molar-refractivity contribution in [3.63, 3.8) is 0 Å². The molecule has 0 fully saturated rings. The fraction of sp³-hybridized carbons (Fsp3) is 0. The zero-order valence-corrected chi connectivity index (χ0v) is 18.0. The van der Waals surface area contributed by atoms with Crippen molar-refractivity contribution in [1.82, 2.24) is 9.97 Å². The second-order valence-corrected chi connectivity index (χ2v) is 9.14. The number of benzene rings is 3. The van der Waals surface area contributed by atoms with E-state index in [9.17, 15) is 0 Å². The van der Waals surface area contributed by atoms with Crippen molar-refractivity contribution in [3.05, 3.63) is 82.2 Å². The summed E-state index contributed by atoms with van der Waals surface area (Å²) >= 11 is 15.2. The van der Waals surface area contributed by atoms with Gasteiger partial charge in [0.15, 0.2) is 5.13 Å². The van der Waals surface area contributed by atoms with E-state index in [0.717, 1.165) is 52.9 Å². The van der Waals surface area contributed by atoms with Gasteiger partial charge in [-0.2, -0.15) is 0 Å². The van der Waals surface area contributed by atoms with Crippen LogP contribution in [0.15, 0.2) is 72.1 Å². The van der Waals surface area contributed by atoms with Crippen LogP contribution in [0.3, 0.4) is 0 Å². The van der Waals surface area contributed by atoms with Gasteiger partial charge in [0.2, 0.25) is 0 Å². The molecule has 0 radical (unpaired) electrons. The Bertz CT molecular complexity index is 1290. The maximum atomic E-state index is 6.06. The van der Waals surface area contributed by atoms with Gasteiger partial charge in [0.1, 0.15) is 5.01 Å². The number of rotatable bonds is 4. The minimum Gasteiger partial charge on any atom is -0.332 e. The van der Waals surface area contributed by atoms with Crippen molar-refractivity contribution >= 4 is 66.9 Å². The van der Waals surface area contributed by atoms with Crippen LogP contribution in [0.25, 0.3) is 32.0 Å². The monoisotopic (exact) mass is 453 g/mol. The molecule has 7 heteroatoms. The Kier molecular flexibility index (Phi) is 4.97. The van der Waals surface area contributed by atoms with Gasteiger partial charge < -0.3 is 5.32 Å². The third kappa shape index (κ3) is 4.00. The van der Waals surface area contributed by atoms with Crippen LogP contribution >= 0.6 is 45.9 Å². The normalized spacial score (nSPS) is 11.1. The Hall–Kier alpha value is -2.44. The number of anilines is 2. The van der Waals surface area contributed by atoms with Crippen molar-refractivity contribution in [1.29, 1.82) is 0 Å². The summed E-state index contributed by atoms with van der Waals surface area (Å²) in [4.78, 5) is 9.36. The molecule has 0 saturated carbocycles. The predicted octanol–water partition coefficient (Wildman–Crippen LogP) is 8.14. The average Bonchev–Trinajstić information content (AvgIpc) is 3.36. The van der Waals surface area contributed by atoms with E-state index in [1.54, 1.807) is 22.7 Å². The standard InChI is InChI=1S/C22H13Cl2N3S2/c23-15-5-1-14(2-6-15)21-26-19(12-28-21)13-3-8-17(9-4-13)25-22-27-18-10-7-16(24)11-20(18)29-22/h1-12H,(H,25,27). The minimum absolute atomic E-state index is 0.721. The maximum absolute atomic E-state index is 6.06. The van der Waals surface area contributed by atoms with E-state index >= 15 is 0 Å². The van der Waals surface area contributed by atoms with E-state index in [1.807, 2.05) is 54.6 Å². The largest absolute Gasteiger partial charge is 0.332 e. The molecule has 2 heterocycles. The quantitative estimate of drug-likeness (QED) is 0.298. The minimum atomic E-state index is 0.721. The van der Waals surface area contributed by atoms with Gasteiger partial charge in [-0.1, -0.05) is 58.8 Å². The number of aromatic nitrogens is 2. The van der Waals surface area contributed by atoms with E-state index in [2.05, 4.69) is 27.8 Å². The van der Waals surface area contributed by atoms with Crippen LogP contribution in [-0.2, 0) is 0 Å². The molecule has 0 spiro atoms. The SMILES string of the molecule is Clc1ccc(-c2nc(-c3ccc(Nc4nc5ccc(Cl)cc5s4)cc3)cs2)cc1. The molecule has 0 unspecified atom stereocenters. The number of nitrogens with zero attached hydrogens (tertiary/aromatic N) is 2. The number of halogens is 2. The summed E-state index contributed by atoms with van der Waals surface area (Å²) < 4.78 is 1.06. The summed E-state index contributed by atoms with van der Waals surface area (Å²) in [6.45, 7) is 0. The third-order valence-electron chi connectivity index (χ3n) is 4.38. The van der Waals surface area contributed by atoms with Gasteiger partial charge >= 0.3 is 0 Å². The summed E-state index contributed by atoms with van der Waals surface area (Å²) in [7, 11) is 0. The molecule has 0 aliphatic rings. The topological polar surface area (TPSA) is 37.8 Å². The Balaban J connectivity index is 1.35. The van der Waals surface area contributed by atoms with E-state index < -0.39 is 0 Å². The van der Waals surface area contributed by atoms with Gasteiger partial charge in [-0.15, -0.1) is 11.3 Å². The molecule has 0 saturated heterocycles. The fourth-order valence-corrected chi connectivity index (χ4v) is 5.05. The van der Waals surface area contributed by atoms with Crippen molar-refractivity contribution < 1.29 is 0 Å². The van der Waals surface area contributed by atoms with Gasteiger partial charge in [-0.05, 0) is 42.5 Å². The van der Waals surface area contributed by atoms with Crippen molar-refractivity contribution in [3.8, 4) is 21.8 Å². The highest BCUT2D eigenvalue weighted by atomic mass is 35.5. The van der Waals surface area contributed by atoms with Crippen LogP contribution < -0.4 is 5.32 Å². The Morgan fingerprint density at radius 2 is 1.48 bits per heavy atom. The summed E-state index contributed by atoms with van der Waals surface area (Å²) in [6.07, 6.45) is 0. The van der Waals surface area contributed by atoms with E-state index in [-0.39, 0.29) is 0 Å². The highest BCUT2D eigenvalue weighted by Crippen LogP contribution is 2.32. The van der Waals surface area contributed by atoms with Crippen LogP contribution in [0.5, 0.6) is 0 Å². The van der Waals surface area contributed by atoms with E-state index in [4.69, 9.17) is 28.2 Å². The van der Waals surface area contributed by atoms with Gasteiger partial charge in [0, 0.05) is 32.2 Å². The van der Waals surface area contributed by atoms with Crippen molar-refractivity contribution in [2.45, 2.75) is 0 Å². The molecule has 3 nitrogen and oxygen atoms in total. The Labute approximate surface area is 185 Å². The first kappa shape index (κ1) is 18.6. The highest BCUT2D eigenvalue weighted by molar-refractivity contribution is 7.22. The molecule has 3 aromatic carbocycles. The summed E-state index contributed by atoms with van der Waals surface area (Å²) in [6, 6.07) is 21.7. The van der Waals surface area contributed by atoms with Crippen molar-refractivity contribution in [2.24, 2.45) is 0 Å². The molecule has 0 atom stereocenters. The second-order valence-electron chi connectivity index (χ2n) is 6.38. The number of fused-ring (bicyclic) bond motifs is 1. The smallest absolute Gasteiger partial charge is 0.188 e. The molecule has 5 aromatic rings. The second kappa shape index (κ2) is 7.76. The third-order valence-corrected chi connectivity index (χ3v) is 6.69. The molecule has 5 rings (SSSR count). The Morgan fingerprint density at radius 1 is 0.759 bits per heavy atom. The number of hydrogen-bond acceptors (Lipinski definition) is 5. The first-order chi connectivity index (χ1) is 14.1. The molecular weight excluding hydrogens is 441 g/mol. The number of thiazole rings is 2. The predicted molar refractivity (Wildman–Crippen MR) is 126 cm³/mol. The van der Waals surface area contributed by atoms with Crippen LogP contribution in [0.1, 0.15) is 0 Å². The molecule has 0 amide bonds. The number of hydrogen-bond donors (Lipinski definition) is 1. The summed E-state index contributed by atoms with van der Waals surface area (Å²) in [5, 5.41) is 8.70. The zero-order valence-electron chi connectivity index (χ0n) is 14.9. The highest BCUT2D eigenvalue weighted by Gasteiger charge is 2.08. The van der Waals surface area contributed by atoms with Crippen LogP contribution in [0, 0.1) is 0 Å². The van der Waals surface area contributed by atoms with Crippen LogP contribution in [-0.4, -0.2) is 9.97 Å². The molecule has 142 valence electrons. The van der Waals surface area contributed by atoms with Crippen LogP contribution in [0.2, 0.25) is 10.0 Å². The molecule has 0 aliphatic carbocycles. The molecule has 0 aliphatic heterocycles. The maximum Gasteiger partial charge on any atom is 0.188 e. The first-order valence-electron chi connectivity index (χ1n) is 8.79. The van der Waals surface area contributed by atoms with E-state index in [0.29, 0.717) is 0 Å². The lowest BCUT2D eigenvalue weighted by Gasteiger charge is -2.03. The molecule has 29 heavy (non-hydrogen) atoms. The van der Waals surface area contributed by atoms with Gasteiger partial charge in [-0.25, -0.2) is 9.97 Å². The van der Waals surface area contributed by atoms with Gasteiger partial charge in [0.05, 0.1) is 15.9 Å². The average molecular weight is 454 g/mol. The lowest BCUT2D eigenvalue weighted by atomic mass is 10.1. The summed E-state index contributed by atoms with van der Waals surface area (Å²) in [5.74, 6) is 0.